The van der Waals surface area contributed by atoms with Crippen molar-refractivity contribution in [2.75, 3.05) is 5.75 Å². The number of carbonyl (C=O) groups is 1. The summed E-state index contributed by atoms with van der Waals surface area (Å²) in [4.78, 5) is 27.6. The summed E-state index contributed by atoms with van der Waals surface area (Å²) in [6, 6.07) is 5.49. The molecule has 0 saturated heterocycles. The number of H-pyrrole nitrogens is 2. The molecule has 1 aromatic heterocycles. The molecule has 84 valence electrons. The van der Waals surface area contributed by atoms with Crippen LogP contribution in [0, 0.1) is 0 Å². The van der Waals surface area contributed by atoms with E-state index in [1.165, 1.54) is 11.8 Å². The summed E-state index contributed by atoms with van der Waals surface area (Å²) in [5.41, 5.74) is 1.26. The number of carboxylic acids is 1. The Bertz CT molecular complexity index is 573. The molecule has 0 aliphatic carbocycles. The Morgan fingerprint density at radius 2 is 2.06 bits per heavy atom. The molecule has 0 aliphatic rings. The van der Waals surface area contributed by atoms with Crippen LogP contribution >= 0.6 is 11.8 Å². The highest BCUT2D eigenvalue weighted by atomic mass is 32.2. The Kier molecular flexibility index (Phi) is 3.00. The molecule has 0 aliphatic heterocycles. The molecule has 0 amide bonds. The summed E-state index contributed by atoms with van der Waals surface area (Å²) in [5, 5.41) is 8.50. The molecule has 2 aromatic rings. The molecule has 0 spiro atoms. The van der Waals surface area contributed by atoms with Gasteiger partial charge in [-0.3, -0.25) is 4.79 Å². The average molecular weight is 238 g/mol. The number of nitrogens with one attached hydrogen (secondary N) is 2. The standard InChI is InChI=1S/C10H10N2O3S/c13-9(14)3-4-16-6-1-2-7-8(5-6)12-10(15)11-7/h1-2,5H,3-4H2,(H,13,14)(H2,11,12,15). The molecule has 2 rings (SSSR count). The number of aliphatic carboxylic acids is 1. The van der Waals surface area contributed by atoms with Gasteiger partial charge in [0.25, 0.3) is 0 Å². The molecular weight excluding hydrogens is 228 g/mol. The van der Waals surface area contributed by atoms with E-state index in [0.29, 0.717) is 5.75 Å². The third-order valence-corrected chi connectivity index (χ3v) is 3.07. The number of aromatic amines is 2. The molecule has 0 saturated carbocycles. The van der Waals surface area contributed by atoms with Crippen LogP contribution in [-0.2, 0) is 4.79 Å². The van der Waals surface area contributed by atoms with Crippen molar-refractivity contribution < 1.29 is 9.90 Å². The Labute approximate surface area is 94.9 Å². The van der Waals surface area contributed by atoms with E-state index in [2.05, 4.69) is 9.97 Å². The monoisotopic (exact) mass is 238 g/mol. The third kappa shape index (κ3) is 2.46. The van der Waals surface area contributed by atoms with Crippen molar-refractivity contribution in [1.82, 2.24) is 9.97 Å². The Morgan fingerprint density at radius 1 is 1.31 bits per heavy atom. The molecule has 0 atom stereocenters. The Balaban J connectivity index is 2.13. The van der Waals surface area contributed by atoms with Crippen LogP contribution in [0.25, 0.3) is 11.0 Å². The number of carboxylic acid groups (broad SMARTS) is 1. The SMILES string of the molecule is O=C(O)CCSc1ccc2[nH]c(=O)[nH]c2c1. The van der Waals surface area contributed by atoms with Crippen LogP contribution in [0.3, 0.4) is 0 Å². The molecule has 0 fully saturated rings. The first-order valence-corrected chi connectivity index (χ1v) is 5.70. The van der Waals surface area contributed by atoms with Gasteiger partial charge in [0.1, 0.15) is 0 Å². The van der Waals surface area contributed by atoms with E-state index >= 15 is 0 Å². The number of benzene rings is 1. The molecule has 5 nitrogen and oxygen atoms in total. The van der Waals surface area contributed by atoms with E-state index in [-0.39, 0.29) is 12.1 Å². The summed E-state index contributed by atoms with van der Waals surface area (Å²) in [6.07, 6.45) is 0.131. The number of rotatable bonds is 4. The molecule has 0 unspecified atom stereocenters. The predicted octanol–water partition coefficient (Wildman–Crippen LogP) is 1.42. The topological polar surface area (TPSA) is 85.9 Å². The summed E-state index contributed by atoms with van der Waals surface area (Å²) in [6.45, 7) is 0. The van der Waals surface area contributed by atoms with Gasteiger partial charge in [0.15, 0.2) is 0 Å². The zero-order valence-electron chi connectivity index (χ0n) is 8.32. The minimum atomic E-state index is -0.802. The maximum Gasteiger partial charge on any atom is 0.323 e. The van der Waals surface area contributed by atoms with Crippen molar-refractivity contribution in [3.05, 3.63) is 28.7 Å². The zero-order valence-corrected chi connectivity index (χ0v) is 9.13. The van der Waals surface area contributed by atoms with Crippen molar-refractivity contribution in [3.8, 4) is 0 Å². The molecule has 6 heteroatoms. The van der Waals surface area contributed by atoms with Gasteiger partial charge in [-0.05, 0) is 18.2 Å². The van der Waals surface area contributed by atoms with Gasteiger partial charge in [-0.1, -0.05) is 0 Å². The molecule has 0 radical (unpaired) electrons. The smallest absolute Gasteiger partial charge is 0.323 e. The zero-order chi connectivity index (χ0) is 11.5. The minimum Gasteiger partial charge on any atom is -0.481 e. The highest BCUT2D eigenvalue weighted by Crippen LogP contribution is 2.21. The molecular formula is C10H10N2O3S. The van der Waals surface area contributed by atoms with E-state index in [0.717, 1.165) is 15.9 Å². The van der Waals surface area contributed by atoms with Crippen molar-refractivity contribution in [2.24, 2.45) is 0 Å². The van der Waals surface area contributed by atoms with Gasteiger partial charge in [0.05, 0.1) is 17.5 Å². The van der Waals surface area contributed by atoms with Gasteiger partial charge in [-0.15, -0.1) is 11.8 Å². The van der Waals surface area contributed by atoms with Crippen LogP contribution in [0.4, 0.5) is 0 Å². The largest absolute Gasteiger partial charge is 0.481 e. The number of thioether (sulfide) groups is 1. The van der Waals surface area contributed by atoms with Crippen LogP contribution < -0.4 is 5.69 Å². The maximum absolute atomic E-state index is 11.0. The highest BCUT2D eigenvalue weighted by molar-refractivity contribution is 7.99. The van der Waals surface area contributed by atoms with Crippen LogP contribution in [-0.4, -0.2) is 26.8 Å². The fraction of sp³-hybridized carbons (Fsp3) is 0.200. The lowest BCUT2D eigenvalue weighted by Gasteiger charge is -1.99. The Hall–Kier alpha value is -1.69. The molecule has 1 heterocycles. The fourth-order valence-corrected chi connectivity index (χ4v) is 2.24. The number of fused-ring (bicyclic) bond motifs is 1. The molecule has 1 aromatic carbocycles. The summed E-state index contributed by atoms with van der Waals surface area (Å²) in [5.74, 6) is -0.279. The van der Waals surface area contributed by atoms with Gasteiger partial charge < -0.3 is 15.1 Å². The quantitative estimate of drug-likeness (QED) is 0.703. The van der Waals surface area contributed by atoms with Crippen LogP contribution in [0.2, 0.25) is 0 Å². The van der Waals surface area contributed by atoms with Gasteiger partial charge >= 0.3 is 11.7 Å². The Morgan fingerprint density at radius 3 is 2.81 bits per heavy atom. The lowest BCUT2D eigenvalue weighted by molar-refractivity contribution is -0.136. The van der Waals surface area contributed by atoms with E-state index in [1.807, 2.05) is 12.1 Å². The fourth-order valence-electron chi connectivity index (χ4n) is 1.36. The first kappa shape index (κ1) is 10.8. The van der Waals surface area contributed by atoms with E-state index in [9.17, 15) is 9.59 Å². The minimum absolute atomic E-state index is 0.131. The van der Waals surface area contributed by atoms with Crippen molar-refractivity contribution >= 4 is 28.8 Å². The van der Waals surface area contributed by atoms with Crippen LogP contribution in [0.15, 0.2) is 27.9 Å². The second kappa shape index (κ2) is 4.44. The summed E-state index contributed by atoms with van der Waals surface area (Å²) < 4.78 is 0. The van der Waals surface area contributed by atoms with Crippen molar-refractivity contribution in [1.29, 1.82) is 0 Å². The van der Waals surface area contributed by atoms with Gasteiger partial charge in [0, 0.05) is 10.6 Å². The average Bonchev–Trinajstić information content (AvgIpc) is 2.56. The first-order valence-electron chi connectivity index (χ1n) is 4.72. The molecule has 3 N–H and O–H groups in total. The number of hydrogen-bond donors (Lipinski definition) is 3. The van der Waals surface area contributed by atoms with Gasteiger partial charge in [-0.2, -0.15) is 0 Å². The third-order valence-electron chi connectivity index (χ3n) is 2.07. The summed E-state index contributed by atoms with van der Waals surface area (Å²) >= 11 is 1.46. The predicted molar refractivity (Wildman–Crippen MR) is 61.9 cm³/mol. The molecule has 16 heavy (non-hydrogen) atoms. The van der Waals surface area contributed by atoms with Gasteiger partial charge in [-0.25, -0.2) is 4.79 Å². The van der Waals surface area contributed by atoms with Crippen molar-refractivity contribution in [2.45, 2.75) is 11.3 Å². The first-order chi connectivity index (χ1) is 7.65. The lowest BCUT2D eigenvalue weighted by atomic mass is 10.3. The highest BCUT2D eigenvalue weighted by Gasteiger charge is 2.02. The maximum atomic E-state index is 11.0. The molecule has 0 bridgehead atoms. The second-order valence-corrected chi connectivity index (χ2v) is 4.45. The van der Waals surface area contributed by atoms with E-state index in [1.54, 1.807) is 6.07 Å². The number of hydrogen-bond acceptors (Lipinski definition) is 3. The van der Waals surface area contributed by atoms with Gasteiger partial charge in [0.2, 0.25) is 0 Å². The number of imidazole rings is 1. The lowest BCUT2D eigenvalue weighted by Crippen LogP contribution is -1.99. The number of aromatic nitrogens is 2. The summed E-state index contributed by atoms with van der Waals surface area (Å²) in [7, 11) is 0. The second-order valence-electron chi connectivity index (χ2n) is 3.28. The van der Waals surface area contributed by atoms with Crippen LogP contribution in [0.1, 0.15) is 6.42 Å². The van der Waals surface area contributed by atoms with E-state index < -0.39 is 5.97 Å². The normalized spacial score (nSPS) is 10.8. The van der Waals surface area contributed by atoms with Crippen LogP contribution in [0.5, 0.6) is 0 Å². The van der Waals surface area contributed by atoms with Crippen molar-refractivity contribution in [3.63, 3.8) is 0 Å². The van der Waals surface area contributed by atoms with E-state index in [4.69, 9.17) is 5.11 Å².